The summed E-state index contributed by atoms with van der Waals surface area (Å²) >= 11 is 13.7. The fraction of sp³-hybridized carbons (Fsp3) is 0.267. The van der Waals surface area contributed by atoms with Crippen molar-refractivity contribution in [2.75, 3.05) is 7.05 Å². The highest BCUT2D eigenvalue weighted by molar-refractivity contribution is 7.09. The summed E-state index contributed by atoms with van der Waals surface area (Å²) in [5, 5.41) is 6.03. The largest absolute Gasteiger partial charge is 0.333 e. The average Bonchev–Trinajstić information content (AvgIpc) is 2.96. The van der Waals surface area contributed by atoms with Crippen LogP contribution in [0.15, 0.2) is 35.7 Å². The van der Waals surface area contributed by atoms with Crippen LogP contribution in [0.3, 0.4) is 0 Å². The molecular weight excluding hydrogens is 327 g/mol. The molecule has 0 saturated heterocycles. The molecule has 112 valence electrons. The van der Waals surface area contributed by atoms with Gasteiger partial charge in [0, 0.05) is 22.0 Å². The van der Waals surface area contributed by atoms with Crippen molar-refractivity contribution in [1.82, 2.24) is 10.2 Å². The van der Waals surface area contributed by atoms with E-state index in [1.807, 2.05) is 30.5 Å². The van der Waals surface area contributed by atoms with Crippen molar-refractivity contribution in [3.8, 4) is 0 Å². The van der Waals surface area contributed by atoms with E-state index in [1.54, 1.807) is 35.4 Å². The minimum atomic E-state index is -0.141. The van der Waals surface area contributed by atoms with Crippen LogP contribution in [0, 0.1) is 0 Å². The molecule has 6 heteroatoms. The molecule has 2 amide bonds. The monoisotopic (exact) mass is 342 g/mol. The molecule has 3 nitrogen and oxygen atoms in total. The molecule has 21 heavy (non-hydrogen) atoms. The lowest BCUT2D eigenvalue weighted by Crippen LogP contribution is -2.38. The number of nitrogens with zero attached hydrogens (tertiary/aromatic N) is 1. The second kappa shape index (κ2) is 7.16. The van der Waals surface area contributed by atoms with Gasteiger partial charge in [-0.15, -0.1) is 11.3 Å². The third-order valence-corrected chi connectivity index (χ3v) is 4.75. The minimum absolute atomic E-state index is 0.137. The highest BCUT2D eigenvalue weighted by Crippen LogP contribution is 2.29. The Morgan fingerprint density at radius 3 is 2.76 bits per heavy atom. The fourth-order valence-corrected chi connectivity index (χ4v) is 3.14. The normalized spacial score (nSPS) is 12.0. The third kappa shape index (κ3) is 4.13. The molecular formula is C15H16Cl2N2OS. The van der Waals surface area contributed by atoms with Crippen LogP contribution >= 0.6 is 34.5 Å². The number of rotatable bonds is 4. The number of thiophene rings is 1. The van der Waals surface area contributed by atoms with E-state index in [-0.39, 0.29) is 12.1 Å². The molecule has 2 aromatic rings. The zero-order chi connectivity index (χ0) is 15.4. The second-order valence-electron chi connectivity index (χ2n) is 4.69. The topological polar surface area (TPSA) is 32.3 Å². The van der Waals surface area contributed by atoms with Gasteiger partial charge in [0.25, 0.3) is 0 Å². The maximum Gasteiger partial charge on any atom is 0.317 e. The Morgan fingerprint density at radius 2 is 2.14 bits per heavy atom. The third-order valence-electron chi connectivity index (χ3n) is 3.31. The first-order chi connectivity index (χ1) is 9.99. The van der Waals surface area contributed by atoms with E-state index >= 15 is 0 Å². The van der Waals surface area contributed by atoms with Gasteiger partial charge in [-0.3, -0.25) is 0 Å². The Labute approximate surface area is 138 Å². The van der Waals surface area contributed by atoms with Gasteiger partial charge in [-0.1, -0.05) is 35.3 Å². The number of benzene rings is 1. The summed E-state index contributed by atoms with van der Waals surface area (Å²) in [6.45, 7) is 2.46. The Balaban J connectivity index is 2.00. The summed E-state index contributed by atoms with van der Waals surface area (Å²) in [6, 6.07) is 8.98. The predicted octanol–water partition coefficient (Wildman–Crippen LogP) is 4.96. The highest BCUT2D eigenvalue weighted by atomic mass is 35.5. The number of halogens is 2. The molecule has 0 aliphatic carbocycles. The molecule has 1 atom stereocenters. The summed E-state index contributed by atoms with van der Waals surface area (Å²) in [4.78, 5) is 14.9. The van der Waals surface area contributed by atoms with Crippen LogP contribution in [0.4, 0.5) is 4.79 Å². The van der Waals surface area contributed by atoms with Crippen molar-refractivity contribution in [2.24, 2.45) is 0 Å². The predicted molar refractivity (Wildman–Crippen MR) is 89.2 cm³/mol. The van der Waals surface area contributed by atoms with Crippen LogP contribution in [0.2, 0.25) is 10.0 Å². The van der Waals surface area contributed by atoms with Gasteiger partial charge >= 0.3 is 6.03 Å². The first-order valence-corrected chi connectivity index (χ1v) is 8.10. The number of urea groups is 1. The first-order valence-electron chi connectivity index (χ1n) is 6.47. The van der Waals surface area contributed by atoms with Crippen molar-refractivity contribution in [2.45, 2.75) is 19.5 Å². The fourth-order valence-electron chi connectivity index (χ4n) is 1.93. The lowest BCUT2D eigenvalue weighted by molar-refractivity contribution is 0.194. The maximum atomic E-state index is 12.2. The van der Waals surface area contributed by atoms with Crippen molar-refractivity contribution in [1.29, 1.82) is 0 Å². The maximum absolute atomic E-state index is 12.2. The van der Waals surface area contributed by atoms with Gasteiger partial charge in [0.2, 0.25) is 0 Å². The molecule has 0 bridgehead atoms. The SMILES string of the molecule is C[C@H](c1ccc(Cl)cc1Cl)N(C)C(=O)NCc1cccs1. The first kappa shape index (κ1) is 16.1. The van der Waals surface area contributed by atoms with E-state index in [4.69, 9.17) is 23.2 Å². The highest BCUT2D eigenvalue weighted by Gasteiger charge is 2.19. The molecule has 0 fully saturated rings. The number of nitrogens with one attached hydrogen (secondary N) is 1. The summed E-state index contributed by atoms with van der Waals surface area (Å²) in [5.41, 5.74) is 0.870. The van der Waals surface area contributed by atoms with E-state index < -0.39 is 0 Å². The van der Waals surface area contributed by atoms with Crippen LogP contribution < -0.4 is 5.32 Å². The number of carbonyl (C=O) groups is 1. The summed E-state index contributed by atoms with van der Waals surface area (Å²) in [7, 11) is 1.75. The lowest BCUT2D eigenvalue weighted by Gasteiger charge is -2.26. The van der Waals surface area contributed by atoms with Gasteiger partial charge in [0.15, 0.2) is 0 Å². The van der Waals surface area contributed by atoms with Crippen LogP contribution in [0.25, 0.3) is 0 Å². The van der Waals surface area contributed by atoms with E-state index in [0.29, 0.717) is 16.6 Å². The number of hydrogen-bond acceptors (Lipinski definition) is 2. The zero-order valence-electron chi connectivity index (χ0n) is 11.8. The second-order valence-corrected chi connectivity index (χ2v) is 6.57. The molecule has 2 rings (SSSR count). The Hall–Kier alpha value is -1.23. The number of amides is 2. The van der Waals surface area contributed by atoms with Crippen molar-refractivity contribution < 1.29 is 4.79 Å². The van der Waals surface area contributed by atoms with Gasteiger partial charge in [-0.2, -0.15) is 0 Å². The van der Waals surface area contributed by atoms with E-state index in [9.17, 15) is 4.79 Å². The Morgan fingerprint density at radius 1 is 1.38 bits per heavy atom. The van der Waals surface area contributed by atoms with E-state index in [0.717, 1.165) is 10.4 Å². The van der Waals surface area contributed by atoms with Crippen molar-refractivity contribution in [3.63, 3.8) is 0 Å². The molecule has 1 aromatic heterocycles. The Kier molecular flexibility index (Phi) is 5.51. The van der Waals surface area contributed by atoms with Crippen LogP contribution in [0.1, 0.15) is 23.4 Å². The number of hydrogen-bond donors (Lipinski definition) is 1. The summed E-state index contributed by atoms with van der Waals surface area (Å²) in [5.74, 6) is 0. The zero-order valence-corrected chi connectivity index (χ0v) is 14.1. The average molecular weight is 343 g/mol. The molecule has 1 N–H and O–H groups in total. The van der Waals surface area contributed by atoms with Gasteiger partial charge in [-0.05, 0) is 36.1 Å². The lowest BCUT2D eigenvalue weighted by atomic mass is 10.1. The van der Waals surface area contributed by atoms with Gasteiger partial charge < -0.3 is 10.2 Å². The van der Waals surface area contributed by atoms with E-state index in [2.05, 4.69) is 5.32 Å². The summed E-state index contributed by atoms with van der Waals surface area (Å²) < 4.78 is 0. The molecule has 0 unspecified atom stereocenters. The van der Waals surface area contributed by atoms with Gasteiger partial charge in [-0.25, -0.2) is 4.79 Å². The molecule has 0 spiro atoms. The molecule has 0 aliphatic heterocycles. The number of carbonyl (C=O) groups excluding carboxylic acids is 1. The smallest absolute Gasteiger partial charge is 0.317 e. The standard InChI is InChI=1S/C15H16Cl2N2OS/c1-10(13-6-5-11(16)8-14(13)17)19(2)15(20)18-9-12-4-3-7-21-12/h3-8,10H,9H2,1-2H3,(H,18,20)/t10-/m1/s1. The van der Waals surface area contributed by atoms with Crippen molar-refractivity contribution >= 4 is 40.6 Å². The molecule has 0 saturated carbocycles. The molecule has 0 radical (unpaired) electrons. The van der Waals surface area contributed by atoms with Crippen LogP contribution in [-0.2, 0) is 6.54 Å². The molecule has 1 heterocycles. The molecule has 0 aliphatic rings. The minimum Gasteiger partial charge on any atom is -0.333 e. The van der Waals surface area contributed by atoms with Crippen LogP contribution in [-0.4, -0.2) is 18.0 Å². The van der Waals surface area contributed by atoms with Crippen LogP contribution in [0.5, 0.6) is 0 Å². The van der Waals surface area contributed by atoms with Gasteiger partial charge in [0.05, 0.1) is 12.6 Å². The van der Waals surface area contributed by atoms with Crippen molar-refractivity contribution in [3.05, 3.63) is 56.2 Å². The Bertz CT molecular complexity index is 616. The summed E-state index contributed by atoms with van der Waals surface area (Å²) in [6.07, 6.45) is 0. The molecule has 1 aromatic carbocycles. The van der Waals surface area contributed by atoms with E-state index in [1.165, 1.54) is 0 Å². The van der Waals surface area contributed by atoms with Gasteiger partial charge in [0.1, 0.15) is 0 Å². The quantitative estimate of drug-likeness (QED) is 0.836.